The van der Waals surface area contributed by atoms with Crippen molar-refractivity contribution in [2.75, 3.05) is 36.4 Å². The monoisotopic (exact) mass is 494 g/mol. The summed E-state index contributed by atoms with van der Waals surface area (Å²) in [5, 5.41) is 11.3. The van der Waals surface area contributed by atoms with E-state index >= 15 is 0 Å². The number of nitrogens with zero attached hydrogens (tertiary/aromatic N) is 5. The van der Waals surface area contributed by atoms with Gasteiger partial charge >= 0.3 is 0 Å². The Balaban J connectivity index is 1.29. The number of piperazine rings is 1. The van der Waals surface area contributed by atoms with Gasteiger partial charge in [-0.1, -0.05) is 12.1 Å². The number of aromatic nitrogens is 3. The maximum absolute atomic E-state index is 12.8. The number of benzene rings is 1. The van der Waals surface area contributed by atoms with E-state index in [-0.39, 0.29) is 17.2 Å². The first-order chi connectivity index (χ1) is 16.7. The maximum atomic E-state index is 12.8. The minimum absolute atomic E-state index is 0.0282. The largest absolute Gasteiger partial charge is 0.352 e. The number of anilines is 3. The third-order valence-electron chi connectivity index (χ3n) is 6.01. The summed E-state index contributed by atoms with van der Waals surface area (Å²) in [6.07, 6.45) is 1.99. The Kier molecular flexibility index (Phi) is 7.30. The SMILES string of the molecule is Cc1ccnc(Nc2ccc(N3CCN(C(=O)Cc4ccc(S(=O)(=O)C(C)C)cc4)CC3)nn2)c1. The molecule has 1 aromatic carbocycles. The molecule has 0 atom stereocenters. The third-order valence-corrected chi connectivity index (χ3v) is 8.18. The van der Waals surface area contributed by atoms with Crippen LogP contribution in [0, 0.1) is 6.92 Å². The number of amides is 1. The highest BCUT2D eigenvalue weighted by Crippen LogP contribution is 2.19. The molecule has 1 N–H and O–H groups in total. The van der Waals surface area contributed by atoms with Crippen LogP contribution in [0.4, 0.5) is 17.5 Å². The van der Waals surface area contributed by atoms with Gasteiger partial charge in [0, 0.05) is 32.4 Å². The zero-order valence-electron chi connectivity index (χ0n) is 20.2. The van der Waals surface area contributed by atoms with E-state index in [1.165, 1.54) is 0 Å². The van der Waals surface area contributed by atoms with Crippen LogP contribution in [0.1, 0.15) is 25.0 Å². The van der Waals surface area contributed by atoms with Crippen LogP contribution in [0.3, 0.4) is 0 Å². The van der Waals surface area contributed by atoms with E-state index < -0.39 is 15.1 Å². The summed E-state index contributed by atoms with van der Waals surface area (Å²) >= 11 is 0. The Hall–Kier alpha value is -3.53. The molecule has 0 aliphatic carbocycles. The van der Waals surface area contributed by atoms with Gasteiger partial charge in [0.05, 0.1) is 16.6 Å². The fourth-order valence-electron chi connectivity index (χ4n) is 3.84. The Morgan fingerprint density at radius 1 is 0.971 bits per heavy atom. The number of pyridine rings is 1. The second-order valence-electron chi connectivity index (χ2n) is 8.90. The summed E-state index contributed by atoms with van der Waals surface area (Å²) in [7, 11) is -3.31. The number of carbonyl (C=O) groups excluding carboxylic acids is 1. The van der Waals surface area contributed by atoms with E-state index in [9.17, 15) is 13.2 Å². The summed E-state index contributed by atoms with van der Waals surface area (Å²) in [6.45, 7) is 7.83. The van der Waals surface area contributed by atoms with Crippen LogP contribution >= 0.6 is 0 Å². The predicted molar refractivity (Wildman–Crippen MR) is 136 cm³/mol. The predicted octanol–water partition coefficient (Wildman–Crippen LogP) is 3.00. The van der Waals surface area contributed by atoms with Crippen LogP contribution in [0.15, 0.2) is 59.6 Å². The Bertz CT molecular complexity index is 1270. The van der Waals surface area contributed by atoms with E-state index in [2.05, 4.69) is 25.4 Å². The van der Waals surface area contributed by atoms with Crippen molar-refractivity contribution in [3.05, 3.63) is 65.9 Å². The molecular weight excluding hydrogens is 464 g/mol. The maximum Gasteiger partial charge on any atom is 0.227 e. The lowest BCUT2D eigenvalue weighted by Crippen LogP contribution is -2.49. The molecule has 35 heavy (non-hydrogen) atoms. The van der Waals surface area contributed by atoms with Gasteiger partial charge in [0.2, 0.25) is 5.91 Å². The first-order valence-electron chi connectivity index (χ1n) is 11.6. The molecule has 1 aliphatic rings. The minimum Gasteiger partial charge on any atom is -0.352 e. The smallest absolute Gasteiger partial charge is 0.227 e. The van der Waals surface area contributed by atoms with Crippen LogP contribution in [0.2, 0.25) is 0 Å². The highest BCUT2D eigenvalue weighted by Gasteiger charge is 2.23. The molecule has 0 radical (unpaired) electrons. The van der Waals surface area contributed by atoms with Gasteiger partial charge in [-0.25, -0.2) is 13.4 Å². The summed E-state index contributed by atoms with van der Waals surface area (Å²) in [4.78, 5) is 21.3. The van der Waals surface area contributed by atoms with Crippen LogP contribution in [0.25, 0.3) is 0 Å². The molecule has 3 heterocycles. The Morgan fingerprint density at radius 3 is 2.29 bits per heavy atom. The summed E-state index contributed by atoms with van der Waals surface area (Å²) in [5.41, 5.74) is 1.91. The first-order valence-corrected chi connectivity index (χ1v) is 13.2. The average molecular weight is 495 g/mol. The average Bonchev–Trinajstić information content (AvgIpc) is 2.85. The van der Waals surface area contributed by atoms with Crippen molar-refractivity contribution in [3.8, 4) is 0 Å². The Labute approximate surface area is 206 Å². The molecule has 1 saturated heterocycles. The van der Waals surface area contributed by atoms with Crippen LogP contribution in [-0.2, 0) is 21.1 Å². The van der Waals surface area contributed by atoms with Gasteiger partial charge < -0.3 is 15.1 Å². The molecule has 3 aromatic rings. The van der Waals surface area contributed by atoms with Crippen molar-refractivity contribution in [1.82, 2.24) is 20.1 Å². The molecule has 0 saturated carbocycles. The Morgan fingerprint density at radius 2 is 1.69 bits per heavy atom. The molecule has 4 rings (SSSR count). The van der Waals surface area contributed by atoms with Gasteiger partial charge in [-0.3, -0.25) is 4.79 Å². The van der Waals surface area contributed by atoms with Gasteiger partial charge in [0.15, 0.2) is 21.5 Å². The standard InChI is InChI=1S/C25H30N6O3S/c1-18(2)35(33,34)21-6-4-20(5-7-21)17-25(32)31-14-12-30(13-15-31)24-9-8-22(28-29-24)27-23-16-19(3)10-11-26-23/h4-11,16,18H,12-15,17H2,1-3H3,(H,26,27,28). The molecule has 9 nitrogen and oxygen atoms in total. The first kappa shape index (κ1) is 24.6. The van der Waals surface area contributed by atoms with Crippen molar-refractivity contribution < 1.29 is 13.2 Å². The zero-order valence-corrected chi connectivity index (χ0v) is 21.0. The molecule has 10 heteroatoms. The van der Waals surface area contributed by atoms with Crippen molar-refractivity contribution >= 4 is 33.2 Å². The molecule has 1 fully saturated rings. The number of hydrogen-bond acceptors (Lipinski definition) is 8. The van der Waals surface area contributed by atoms with Crippen LogP contribution in [-0.4, -0.2) is 65.8 Å². The molecule has 1 aliphatic heterocycles. The lowest BCUT2D eigenvalue weighted by molar-refractivity contribution is -0.130. The zero-order chi connectivity index (χ0) is 25.0. The van der Waals surface area contributed by atoms with E-state index in [0.29, 0.717) is 32.0 Å². The molecule has 0 bridgehead atoms. The van der Waals surface area contributed by atoms with Crippen molar-refractivity contribution in [2.45, 2.75) is 37.3 Å². The van der Waals surface area contributed by atoms with Gasteiger partial charge in [-0.2, -0.15) is 0 Å². The van der Waals surface area contributed by atoms with Crippen LogP contribution < -0.4 is 10.2 Å². The number of sulfone groups is 1. The van der Waals surface area contributed by atoms with Gasteiger partial charge in [-0.05, 0) is 68.3 Å². The number of rotatable bonds is 7. The lowest BCUT2D eigenvalue weighted by Gasteiger charge is -2.35. The number of hydrogen-bond donors (Lipinski definition) is 1. The van der Waals surface area contributed by atoms with Crippen molar-refractivity contribution in [2.24, 2.45) is 0 Å². The van der Waals surface area contributed by atoms with Crippen molar-refractivity contribution in [3.63, 3.8) is 0 Å². The van der Waals surface area contributed by atoms with Crippen LogP contribution in [0.5, 0.6) is 0 Å². The fraction of sp³-hybridized carbons (Fsp3) is 0.360. The highest BCUT2D eigenvalue weighted by atomic mass is 32.2. The third kappa shape index (κ3) is 5.94. The number of aryl methyl sites for hydroxylation is 1. The van der Waals surface area contributed by atoms with Crippen molar-refractivity contribution in [1.29, 1.82) is 0 Å². The quantitative estimate of drug-likeness (QED) is 0.534. The highest BCUT2D eigenvalue weighted by molar-refractivity contribution is 7.92. The van der Waals surface area contributed by atoms with Gasteiger partial charge in [-0.15, -0.1) is 10.2 Å². The normalized spacial score (nSPS) is 14.3. The minimum atomic E-state index is -3.31. The summed E-state index contributed by atoms with van der Waals surface area (Å²) in [5.74, 6) is 2.13. The number of nitrogens with one attached hydrogen (secondary N) is 1. The second-order valence-corrected chi connectivity index (χ2v) is 11.4. The molecule has 0 unspecified atom stereocenters. The molecule has 0 spiro atoms. The lowest BCUT2D eigenvalue weighted by atomic mass is 10.1. The molecule has 2 aromatic heterocycles. The summed E-state index contributed by atoms with van der Waals surface area (Å²) in [6, 6.07) is 14.3. The topological polar surface area (TPSA) is 108 Å². The number of carbonyl (C=O) groups is 1. The van der Waals surface area contributed by atoms with E-state index in [0.717, 1.165) is 22.8 Å². The van der Waals surface area contributed by atoms with Gasteiger partial charge in [0.25, 0.3) is 0 Å². The second kappa shape index (κ2) is 10.4. The molecule has 184 valence electrons. The van der Waals surface area contributed by atoms with E-state index in [4.69, 9.17) is 0 Å². The van der Waals surface area contributed by atoms with E-state index in [1.807, 2.05) is 36.1 Å². The molecule has 1 amide bonds. The molecular formula is C25H30N6O3S. The van der Waals surface area contributed by atoms with E-state index in [1.54, 1.807) is 44.3 Å². The fourth-order valence-corrected chi connectivity index (χ4v) is 4.90. The van der Waals surface area contributed by atoms with Gasteiger partial charge in [0.1, 0.15) is 5.82 Å². The summed E-state index contributed by atoms with van der Waals surface area (Å²) < 4.78 is 24.6.